The highest BCUT2D eigenvalue weighted by Crippen LogP contribution is 2.29. The van der Waals surface area contributed by atoms with Crippen LogP contribution in [0.1, 0.15) is 51.4 Å². The summed E-state index contributed by atoms with van der Waals surface area (Å²) < 4.78 is 4.93. The van der Waals surface area contributed by atoms with Crippen molar-refractivity contribution in [2.24, 2.45) is 5.92 Å². The zero-order valence-corrected chi connectivity index (χ0v) is 12.4. The molecule has 2 saturated carbocycles. The van der Waals surface area contributed by atoms with E-state index in [4.69, 9.17) is 4.74 Å². The highest BCUT2D eigenvalue weighted by molar-refractivity contribution is 5.88. The van der Waals surface area contributed by atoms with Gasteiger partial charge in [0.1, 0.15) is 5.54 Å². The van der Waals surface area contributed by atoms with Crippen molar-refractivity contribution >= 4 is 11.9 Å². The van der Waals surface area contributed by atoms with Gasteiger partial charge >= 0.3 is 5.97 Å². The first-order chi connectivity index (χ1) is 9.66. The molecule has 2 N–H and O–H groups in total. The number of methoxy groups -OCH3 is 1. The molecule has 0 saturated heterocycles. The molecule has 0 atom stereocenters. The van der Waals surface area contributed by atoms with Crippen molar-refractivity contribution in [1.29, 1.82) is 0 Å². The van der Waals surface area contributed by atoms with E-state index < -0.39 is 5.54 Å². The van der Waals surface area contributed by atoms with Crippen molar-refractivity contribution in [3.63, 3.8) is 0 Å². The third-order valence-electron chi connectivity index (χ3n) is 4.33. The Morgan fingerprint density at radius 1 is 1.15 bits per heavy atom. The summed E-state index contributed by atoms with van der Waals surface area (Å²) >= 11 is 0. The fraction of sp³-hybridized carbons (Fsp3) is 0.867. The molecule has 2 aliphatic rings. The standard InChI is InChI=1S/C15H26N2O3/c1-20-14(19)15(8-4-2-3-5-9-15)17-13(18)11-16-10-12-6-7-12/h12,16H,2-11H2,1H3,(H,17,18). The molecule has 2 aliphatic carbocycles. The molecule has 20 heavy (non-hydrogen) atoms. The zero-order valence-electron chi connectivity index (χ0n) is 12.4. The molecule has 5 nitrogen and oxygen atoms in total. The van der Waals surface area contributed by atoms with Crippen LogP contribution in [-0.4, -0.2) is 37.6 Å². The molecule has 0 aromatic rings. The molecule has 2 rings (SSSR count). The largest absolute Gasteiger partial charge is 0.467 e. The predicted molar refractivity (Wildman–Crippen MR) is 76.2 cm³/mol. The topological polar surface area (TPSA) is 67.4 Å². The smallest absolute Gasteiger partial charge is 0.331 e. The lowest BCUT2D eigenvalue weighted by Crippen LogP contribution is -2.56. The van der Waals surface area contributed by atoms with Gasteiger partial charge in [-0.25, -0.2) is 4.79 Å². The van der Waals surface area contributed by atoms with Crippen molar-refractivity contribution in [2.45, 2.75) is 56.9 Å². The van der Waals surface area contributed by atoms with Gasteiger partial charge in [0, 0.05) is 0 Å². The summed E-state index contributed by atoms with van der Waals surface area (Å²) in [7, 11) is 1.40. The third kappa shape index (κ3) is 4.20. The second-order valence-electron chi connectivity index (χ2n) is 6.11. The minimum absolute atomic E-state index is 0.0991. The molecular formula is C15H26N2O3. The van der Waals surface area contributed by atoms with E-state index in [0.717, 1.165) is 38.1 Å². The predicted octanol–water partition coefficient (Wildman–Crippen LogP) is 1.37. The molecule has 5 heteroatoms. The normalized spacial score (nSPS) is 21.9. The fourth-order valence-corrected chi connectivity index (χ4v) is 2.93. The van der Waals surface area contributed by atoms with E-state index in [9.17, 15) is 9.59 Å². The summed E-state index contributed by atoms with van der Waals surface area (Å²) in [4.78, 5) is 24.2. The highest BCUT2D eigenvalue weighted by atomic mass is 16.5. The lowest BCUT2D eigenvalue weighted by atomic mass is 9.90. The van der Waals surface area contributed by atoms with Gasteiger partial charge in [-0.05, 0) is 38.1 Å². The van der Waals surface area contributed by atoms with Gasteiger partial charge in [0.05, 0.1) is 13.7 Å². The van der Waals surface area contributed by atoms with Crippen LogP contribution in [0, 0.1) is 5.92 Å². The van der Waals surface area contributed by atoms with E-state index >= 15 is 0 Å². The van der Waals surface area contributed by atoms with Gasteiger partial charge in [-0.1, -0.05) is 25.7 Å². The molecule has 0 aliphatic heterocycles. The number of esters is 1. The summed E-state index contributed by atoms with van der Waals surface area (Å²) in [5, 5.41) is 6.10. The van der Waals surface area contributed by atoms with E-state index in [1.807, 2.05) is 0 Å². The number of hydrogen-bond donors (Lipinski definition) is 2. The minimum atomic E-state index is -0.802. The summed E-state index contributed by atoms with van der Waals surface area (Å²) in [5.74, 6) is 0.350. The van der Waals surface area contributed by atoms with E-state index in [-0.39, 0.29) is 18.4 Å². The van der Waals surface area contributed by atoms with Gasteiger partial charge in [-0.3, -0.25) is 4.79 Å². The van der Waals surface area contributed by atoms with E-state index in [1.165, 1.54) is 20.0 Å². The average molecular weight is 282 g/mol. The summed E-state index contributed by atoms with van der Waals surface area (Å²) in [6.07, 6.45) is 8.07. The van der Waals surface area contributed by atoms with Crippen molar-refractivity contribution < 1.29 is 14.3 Å². The van der Waals surface area contributed by atoms with Crippen molar-refractivity contribution in [3.8, 4) is 0 Å². The van der Waals surface area contributed by atoms with Crippen LogP contribution in [-0.2, 0) is 14.3 Å². The van der Waals surface area contributed by atoms with Crippen molar-refractivity contribution in [3.05, 3.63) is 0 Å². The third-order valence-corrected chi connectivity index (χ3v) is 4.33. The molecule has 0 bridgehead atoms. The Labute approximate surface area is 120 Å². The van der Waals surface area contributed by atoms with Gasteiger partial charge in [0.2, 0.25) is 5.91 Å². The van der Waals surface area contributed by atoms with Crippen LogP contribution in [0.5, 0.6) is 0 Å². The quantitative estimate of drug-likeness (QED) is 0.570. The SMILES string of the molecule is COC(=O)C1(NC(=O)CNCC2CC2)CCCCCC1. The highest BCUT2D eigenvalue weighted by Gasteiger charge is 2.40. The number of nitrogens with one attached hydrogen (secondary N) is 2. The first-order valence-electron chi connectivity index (χ1n) is 7.76. The lowest BCUT2D eigenvalue weighted by molar-refractivity contribution is -0.151. The molecule has 0 heterocycles. The van der Waals surface area contributed by atoms with Gasteiger partial charge in [-0.15, -0.1) is 0 Å². The maximum absolute atomic E-state index is 12.1. The molecule has 0 aromatic carbocycles. The molecule has 1 amide bonds. The van der Waals surface area contributed by atoms with E-state index in [0.29, 0.717) is 12.8 Å². The maximum Gasteiger partial charge on any atom is 0.331 e. The van der Waals surface area contributed by atoms with Crippen LogP contribution in [0.4, 0.5) is 0 Å². The van der Waals surface area contributed by atoms with Crippen LogP contribution in [0.3, 0.4) is 0 Å². The molecule has 114 valence electrons. The Morgan fingerprint density at radius 3 is 2.35 bits per heavy atom. The monoisotopic (exact) mass is 282 g/mol. The molecule has 0 radical (unpaired) electrons. The number of rotatable bonds is 6. The Kier molecular flexibility index (Phi) is 5.40. The number of carbonyl (C=O) groups is 2. The fourth-order valence-electron chi connectivity index (χ4n) is 2.93. The van der Waals surface area contributed by atoms with Crippen molar-refractivity contribution in [2.75, 3.05) is 20.2 Å². The van der Waals surface area contributed by atoms with Crippen LogP contribution in [0.15, 0.2) is 0 Å². The molecule has 0 spiro atoms. The summed E-state index contributed by atoms with van der Waals surface area (Å²) in [5.41, 5.74) is -0.802. The van der Waals surface area contributed by atoms with Crippen LogP contribution >= 0.6 is 0 Å². The van der Waals surface area contributed by atoms with Crippen molar-refractivity contribution in [1.82, 2.24) is 10.6 Å². The van der Waals surface area contributed by atoms with E-state index in [2.05, 4.69) is 10.6 Å². The zero-order chi connectivity index (χ0) is 14.4. The van der Waals surface area contributed by atoms with Gasteiger partial charge in [0.25, 0.3) is 0 Å². The van der Waals surface area contributed by atoms with Crippen LogP contribution in [0.2, 0.25) is 0 Å². The first kappa shape index (κ1) is 15.3. The van der Waals surface area contributed by atoms with Crippen LogP contribution in [0.25, 0.3) is 0 Å². The molecular weight excluding hydrogens is 256 g/mol. The Bertz CT molecular complexity index is 345. The lowest BCUT2D eigenvalue weighted by Gasteiger charge is -2.31. The molecule has 0 unspecified atom stereocenters. The van der Waals surface area contributed by atoms with Crippen LogP contribution < -0.4 is 10.6 Å². The number of ether oxygens (including phenoxy) is 1. The molecule has 0 aromatic heterocycles. The minimum Gasteiger partial charge on any atom is -0.467 e. The second kappa shape index (κ2) is 7.07. The Balaban J connectivity index is 1.87. The summed E-state index contributed by atoms with van der Waals surface area (Å²) in [6, 6.07) is 0. The summed E-state index contributed by atoms with van der Waals surface area (Å²) in [6.45, 7) is 1.19. The Hall–Kier alpha value is -1.10. The average Bonchev–Trinajstić information content (AvgIpc) is 3.25. The Morgan fingerprint density at radius 2 is 1.80 bits per heavy atom. The first-order valence-corrected chi connectivity index (χ1v) is 7.76. The number of hydrogen-bond acceptors (Lipinski definition) is 4. The maximum atomic E-state index is 12.1. The van der Waals surface area contributed by atoms with Gasteiger partial charge in [0.15, 0.2) is 0 Å². The number of carbonyl (C=O) groups excluding carboxylic acids is 2. The number of amides is 1. The van der Waals surface area contributed by atoms with Gasteiger partial charge < -0.3 is 15.4 Å². The van der Waals surface area contributed by atoms with E-state index in [1.54, 1.807) is 0 Å². The molecule has 2 fully saturated rings. The second-order valence-corrected chi connectivity index (χ2v) is 6.11. The van der Waals surface area contributed by atoms with Gasteiger partial charge in [-0.2, -0.15) is 0 Å².